The second-order valence-corrected chi connectivity index (χ2v) is 8.05. The molecule has 0 spiro atoms. The van der Waals surface area contributed by atoms with Gasteiger partial charge in [-0.25, -0.2) is 0 Å². The Bertz CT molecular complexity index is 762. The van der Waals surface area contributed by atoms with Crippen LogP contribution in [0.25, 0.3) is 0 Å². The minimum Gasteiger partial charge on any atom is -0.372 e. The number of carbonyl (C=O) groups excluding carboxylic acids is 1. The SMILES string of the molecule is O=C(NCc1ccc(N2CCCC2)cc1)C1(c2cccc(Br)c2)CC1. The van der Waals surface area contributed by atoms with Gasteiger partial charge in [-0.3, -0.25) is 4.79 Å². The molecule has 1 saturated heterocycles. The molecular weight excluding hydrogens is 376 g/mol. The first-order valence-electron chi connectivity index (χ1n) is 9.06. The number of hydrogen-bond acceptors (Lipinski definition) is 2. The van der Waals surface area contributed by atoms with Gasteiger partial charge in [0, 0.05) is 29.8 Å². The van der Waals surface area contributed by atoms with E-state index in [-0.39, 0.29) is 11.3 Å². The van der Waals surface area contributed by atoms with E-state index in [0.29, 0.717) is 6.54 Å². The highest BCUT2D eigenvalue weighted by atomic mass is 79.9. The van der Waals surface area contributed by atoms with Crippen LogP contribution in [0, 0.1) is 0 Å². The largest absolute Gasteiger partial charge is 0.372 e. The molecule has 2 aliphatic rings. The number of halogens is 1. The van der Waals surface area contributed by atoms with Crippen LogP contribution in [0.5, 0.6) is 0 Å². The van der Waals surface area contributed by atoms with Crippen molar-refractivity contribution in [3.05, 3.63) is 64.1 Å². The van der Waals surface area contributed by atoms with Crippen LogP contribution < -0.4 is 10.2 Å². The van der Waals surface area contributed by atoms with Crippen molar-refractivity contribution in [3.63, 3.8) is 0 Å². The zero-order valence-corrected chi connectivity index (χ0v) is 15.9. The number of rotatable bonds is 5. The maximum Gasteiger partial charge on any atom is 0.230 e. The molecule has 0 aromatic heterocycles. The van der Waals surface area contributed by atoms with Crippen molar-refractivity contribution in [1.82, 2.24) is 5.32 Å². The van der Waals surface area contributed by atoms with Gasteiger partial charge in [0.2, 0.25) is 5.91 Å². The first-order chi connectivity index (χ1) is 12.2. The molecule has 25 heavy (non-hydrogen) atoms. The van der Waals surface area contributed by atoms with Crippen LogP contribution in [0.1, 0.15) is 36.8 Å². The Hall–Kier alpha value is -1.81. The monoisotopic (exact) mass is 398 g/mol. The van der Waals surface area contributed by atoms with E-state index in [2.05, 4.69) is 62.5 Å². The predicted molar refractivity (Wildman–Crippen MR) is 105 cm³/mol. The molecule has 0 atom stereocenters. The summed E-state index contributed by atoms with van der Waals surface area (Å²) in [5, 5.41) is 3.14. The van der Waals surface area contributed by atoms with E-state index in [1.165, 1.54) is 18.5 Å². The first-order valence-corrected chi connectivity index (χ1v) is 9.85. The Labute approximate surface area is 157 Å². The van der Waals surface area contributed by atoms with E-state index in [0.717, 1.165) is 41.5 Å². The van der Waals surface area contributed by atoms with Crippen LogP contribution in [0.15, 0.2) is 53.0 Å². The van der Waals surface area contributed by atoms with Gasteiger partial charge in [0.1, 0.15) is 0 Å². The Balaban J connectivity index is 1.38. The summed E-state index contributed by atoms with van der Waals surface area (Å²) >= 11 is 3.51. The molecule has 0 radical (unpaired) electrons. The molecule has 1 heterocycles. The van der Waals surface area contributed by atoms with Gasteiger partial charge < -0.3 is 10.2 Å². The molecular formula is C21H23BrN2O. The molecule has 0 bridgehead atoms. The standard InChI is InChI=1S/C21H23BrN2O/c22-18-5-3-4-17(14-18)21(10-11-21)20(25)23-15-16-6-8-19(9-7-16)24-12-1-2-13-24/h3-9,14H,1-2,10-13,15H2,(H,23,25). The fourth-order valence-corrected chi connectivity index (χ4v) is 4.11. The summed E-state index contributed by atoms with van der Waals surface area (Å²) < 4.78 is 1.03. The molecule has 4 rings (SSSR count). The lowest BCUT2D eigenvalue weighted by Crippen LogP contribution is -2.34. The van der Waals surface area contributed by atoms with E-state index in [9.17, 15) is 4.79 Å². The summed E-state index contributed by atoms with van der Waals surface area (Å²) in [6, 6.07) is 16.7. The molecule has 130 valence electrons. The third-order valence-electron chi connectivity index (χ3n) is 5.42. The van der Waals surface area contributed by atoms with Crippen molar-refractivity contribution in [2.24, 2.45) is 0 Å². The average Bonchev–Trinajstić information content (AvgIpc) is 3.27. The van der Waals surface area contributed by atoms with Gasteiger partial charge in [0.25, 0.3) is 0 Å². The Morgan fingerprint density at radius 2 is 1.80 bits per heavy atom. The minimum atomic E-state index is -0.320. The molecule has 0 unspecified atom stereocenters. The van der Waals surface area contributed by atoms with Gasteiger partial charge in [0.15, 0.2) is 0 Å². The van der Waals surface area contributed by atoms with Gasteiger partial charge in [-0.15, -0.1) is 0 Å². The van der Waals surface area contributed by atoms with E-state index in [1.807, 2.05) is 12.1 Å². The maximum absolute atomic E-state index is 12.8. The summed E-state index contributed by atoms with van der Waals surface area (Å²) in [6.45, 7) is 2.91. The topological polar surface area (TPSA) is 32.3 Å². The molecule has 4 heteroatoms. The Kier molecular flexibility index (Phi) is 4.55. The van der Waals surface area contributed by atoms with Gasteiger partial charge in [-0.05, 0) is 61.1 Å². The van der Waals surface area contributed by atoms with Crippen molar-refractivity contribution >= 4 is 27.5 Å². The number of benzene rings is 2. The molecule has 2 fully saturated rings. The van der Waals surface area contributed by atoms with Crippen molar-refractivity contribution in [2.45, 2.75) is 37.6 Å². The Morgan fingerprint density at radius 1 is 1.08 bits per heavy atom. The third-order valence-corrected chi connectivity index (χ3v) is 5.92. The number of hydrogen-bond donors (Lipinski definition) is 1. The van der Waals surface area contributed by atoms with Crippen LogP contribution in [0.4, 0.5) is 5.69 Å². The van der Waals surface area contributed by atoms with Crippen LogP contribution in [0.2, 0.25) is 0 Å². The fraction of sp³-hybridized carbons (Fsp3) is 0.381. The summed E-state index contributed by atoms with van der Waals surface area (Å²) in [7, 11) is 0. The summed E-state index contributed by atoms with van der Waals surface area (Å²) in [5.74, 6) is 0.147. The zero-order chi connectivity index (χ0) is 17.3. The van der Waals surface area contributed by atoms with Crippen molar-refractivity contribution < 1.29 is 4.79 Å². The van der Waals surface area contributed by atoms with Crippen molar-refractivity contribution in [3.8, 4) is 0 Å². The summed E-state index contributed by atoms with van der Waals surface area (Å²) in [6.07, 6.45) is 4.44. The lowest BCUT2D eigenvalue weighted by Gasteiger charge is -2.18. The van der Waals surface area contributed by atoms with Crippen molar-refractivity contribution in [2.75, 3.05) is 18.0 Å². The highest BCUT2D eigenvalue weighted by Crippen LogP contribution is 2.48. The van der Waals surface area contributed by atoms with E-state index in [1.54, 1.807) is 0 Å². The van der Waals surface area contributed by atoms with Crippen LogP contribution in [-0.4, -0.2) is 19.0 Å². The average molecular weight is 399 g/mol. The van der Waals surface area contributed by atoms with E-state index in [4.69, 9.17) is 0 Å². The highest BCUT2D eigenvalue weighted by Gasteiger charge is 2.51. The summed E-state index contributed by atoms with van der Waals surface area (Å²) in [4.78, 5) is 15.2. The lowest BCUT2D eigenvalue weighted by molar-refractivity contribution is -0.123. The normalized spacial score (nSPS) is 18.2. The first kappa shape index (κ1) is 16.6. The van der Waals surface area contributed by atoms with Crippen molar-refractivity contribution in [1.29, 1.82) is 0 Å². The minimum absolute atomic E-state index is 0.147. The van der Waals surface area contributed by atoms with Gasteiger partial charge in [-0.1, -0.05) is 40.2 Å². The lowest BCUT2D eigenvalue weighted by atomic mass is 9.95. The van der Waals surface area contributed by atoms with Gasteiger partial charge in [0.05, 0.1) is 5.41 Å². The van der Waals surface area contributed by atoms with E-state index >= 15 is 0 Å². The third kappa shape index (κ3) is 3.45. The van der Waals surface area contributed by atoms with Crippen LogP contribution in [0.3, 0.4) is 0 Å². The molecule has 2 aromatic rings. The predicted octanol–water partition coefficient (Wildman–Crippen LogP) is 4.40. The maximum atomic E-state index is 12.8. The molecule has 1 N–H and O–H groups in total. The summed E-state index contributed by atoms with van der Waals surface area (Å²) in [5.41, 5.74) is 3.24. The number of nitrogens with zero attached hydrogens (tertiary/aromatic N) is 1. The van der Waals surface area contributed by atoms with Gasteiger partial charge >= 0.3 is 0 Å². The molecule has 1 amide bonds. The number of nitrogens with one attached hydrogen (secondary N) is 1. The smallest absolute Gasteiger partial charge is 0.230 e. The Morgan fingerprint density at radius 3 is 2.44 bits per heavy atom. The quantitative estimate of drug-likeness (QED) is 0.809. The molecule has 3 nitrogen and oxygen atoms in total. The second-order valence-electron chi connectivity index (χ2n) is 7.14. The van der Waals surface area contributed by atoms with Crippen LogP contribution in [-0.2, 0) is 16.8 Å². The van der Waals surface area contributed by atoms with Crippen LogP contribution >= 0.6 is 15.9 Å². The van der Waals surface area contributed by atoms with Gasteiger partial charge in [-0.2, -0.15) is 0 Å². The molecule has 1 aliphatic heterocycles. The number of anilines is 1. The highest BCUT2D eigenvalue weighted by molar-refractivity contribution is 9.10. The number of carbonyl (C=O) groups is 1. The van der Waals surface area contributed by atoms with E-state index < -0.39 is 0 Å². The zero-order valence-electron chi connectivity index (χ0n) is 14.3. The number of amides is 1. The second kappa shape index (κ2) is 6.83. The molecule has 1 aliphatic carbocycles. The molecule has 1 saturated carbocycles. The fourth-order valence-electron chi connectivity index (χ4n) is 3.71. The molecule has 2 aromatic carbocycles.